The van der Waals surface area contributed by atoms with Crippen LogP contribution in [0.1, 0.15) is 38.0 Å². The second-order valence-corrected chi connectivity index (χ2v) is 12.5. The maximum Gasteiger partial charge on any atom is 0.192 e. The van der Waals surface area contributed by atoms with Crippen molar-refractivity contribution in [2.75, 3.05) is 0 Å². The third-order valence-corrected chi connectivity index (χ3v) is 9.23. The molecule has 0 fully saturated rings. The lowest BCUT2D eigenvalue weighted by atomic mass is 10.1. The largest absolute Gasteiger partial charge is 0.489 e. The Morgan fingerprint density at radius 2 is 1.54 bits per heavy atom. The van der Waals surface area contributed by atoms with Crippen molar-refractivity contribution < 1.29 is 9.16 Å². The fraction of sp³-hybridized carbons (Fsp3) is 0.381. The second-order valence-electron chi connectivity index (χ2n) is 7.71. The standard InChI is InChI=1S/C21H29O2Si/c1-17(23-24(5,6)21(2,3)4)19-12-14-20(15-13-19)22-16-18-10-8-7-9-11-18/h7-15,17H,1,16H2,2-6H3. The first kappa shape index (κ1) is 18.8. The zero-order valence-corrected chi connectivity index (χ0v) is 16.5. The zero-order valence-electron chi connectivity index (χ0n) is 15.5. The lowest BCUT2D eigenvalue weighted by Crippen LogP contribution is -2.41. The molecule has 1 radical (unpaired) electrons. The molecule has 2 aromatic carbocycles. The zero-order chi connectivity index (χ0) is 17.8. The summed E-state index contributed by atoms with van der Waals surface area (Å²) in [6, 6.07) is 18.3. The van der Waals surface area contributed by atoms with Crippen LogP contribution in [0.2, 0.25) is 18.1 Å². The Bertz CT molecular complexity index is 627. The molecule has 0 N–H and O–H groups in total. The summed E-state index contributed by atoms with van der Waals surface area (Å²) in [5.74, 6) is 0.863. The van der Waals surface area contributed by atoms with E-state index in [9.17, 15) is 0 Å². The first-order valence-corrected chi connectivity index (χ1v) is 11.4. The minimum absolute atomic E-state index is 0.144. The molecule has 129 valence electrons. The predicted octanol–water partition coefficient (Wildman–Crippen LogP) is 6.16. The fourth-order valence-electron chi connectivity index (χ4n) is 2.12. The van der Waals surface area contributed by atoms with Gasteiger partial charge in [-0.3, -0.25) is 0 Å². The molecule has 0 heterocycles. The molecule has 24 heavy (non-hydrogen) atoms. The molecule has 2 rings (SSSR count). The van der Waals surface area contributed by atoms with Gasteiger partial charge < -0.3 is 9.16 Å². The fourth-order valence-corrected chi connectivity index (χ4v) is 3.32. The van der Waals surface area contributed by atoms with E-state index in [-0.39, 0.29) is 11.1 Å². The van der Waals surface area contributed by atoms with E-state index in [0.717, 1.165) is 16.9 Å². The van der Waals surface area contributed by atoms with Crippen molar-refractivity contribution in [1.29, 1.82) is 0 Å². The summed E-state index contributed by atoms with van der Waals surface area (Å²) in [5.41, 5.74) is 2.25. The smallest absolute Gasteiger partial charge is 0.192 e. The Morgan fingerprint density at radius 1 is 0.958 bits per heavy atom. The number of benzene rings is 2. The SMILES string of the molecule is [CH2]C(O[Si](C)(C)C(C)(C)C)c1ccc(OCc2ccccc2)cc1. The van der Waals surface area contributed by atoms with Crippen molar-refractivity contribution in [3.05, 3.63) is 72.6 Å². The highest BCUT2D eigenvalue weighted by atomic mass is 28.4. The van der Waals surface area contributed by atoms with Gasteiger partial charge in [0.25, 0.3) is 0 Å². The number of ether oxygens (including phenoxy) is 1. The summed E-state index contributed by atoms with van der Waals surface area (Å²) in [7, 11) is -1.82. The number of rotatable bonds is 6. The molecule has 0 amide bonds. The van der Waals surface area contributed by atoms with E-state index >= 15 is 0 Å². The minimum Gasteiger partial charge on any atom is -0.489 e. The van der Waals surface area contributed by atoms with Crippen molar-refractivity contribution in [2.45, 2.75) is 51.6 Å². The van der Waals surface area contributed by atoms with Gasteiger partial charge in [-0.2, -0.15) is 0 Å². The lowest BCUT2D eigenvalue weighted by molar-refractivity contribution is 0.227. The number of hydrogen-bond donors (Lipinski definition) is 0. The van der Waals surface area contributed by atoms with Crippen LogP contribution < -0.4 is 4.74 Å². The van der Waals surface area contributed by atoms with Crippen LogP contribution in [0.4, 0.5) is 0 Å². The van der Waals surface area contributed by atoms with Crippen molar-refractivity contribution >= 4 is 8.32 Å². The van der Waals surface area contributed by atoms with Crippen LogP contribution in [-0.4, -0.2) is 8.32 Å². The summed E-state index contributed by atoms with van der Waals surface area (Å²) >= 11 is 0. The van der Waals surface area contributed by atoms with E-state index in [0.29, 0.717) is 6.61 Å². The topological polar surface area (TPSA) is 18.5 Å². The highest BCUT2D eigenvalue weighted by Crippen LogP contribution is 2.39. The minimum atomic E-state index is -1.82. The van der Waals surface area contributed by atoms with Gasteiger partial charge in [0.1, 0.15) is 12.4 Å². The first-order valence-electron chi connectivity index (χ1n) is 8.47. The predicted molar refractivity (Wildman–Crippen MR) is 104 cm³/mol. The summed E-state index contributed by atoms with van der Waals surface area (Å²) in [6.45, 7) is 16.0. The normalized spacial score (nSPS) is 13.6. The third-order valence-electron chi connectivity index (χ3n) is 4.74. The molecule has 0 aliphatic heterocycles. The van der Waals surface area contributed by atoms with E-state index in [2.05, 4.69) is 52.9 Å². The van der Waals surface area contributed by atoms with Crippen molar-refractivity contribution in [1.82, 2.24) is 0 Å². The maximum atomic E-state index is 6.34. The van der Waals surface area contributed by atoms with Gasteiger partial charge in [0.05, 0.1) is 6.10 Å². The van der Waals surface area contributed by atoms with Crippen LogP contribution in [-0.2, 0) is 11.0 Å². The van der Waals surface area contributed by atoms with Gasteiger partial charge in [-0.15, -0.1) is 0 Å². The second kappa shape index (κ2) is 7.54. The first-order chi connectivity index (χ1) is 11.2. The van der Waals surface area contributed by atoms with Crippen LogP contribution in [0.3, 0.4) is 0 Å². The van der Waals surface area contributed by atoms with Crippen LogP contribution in [0.15, 0.2) is 54.6 Å². The van der Waals surface area contributed by atoms with Crippen LogP contribution >= 0.6 is 0 Å². The highest BCUT2D eigenvalue weighted by molar-refractivity contribution is 6.74. The Balaban J connectivity index is 1.96. The van der Waals surface area contributed by atoms with Gasteiger partial charge in [0, 0.05) is 0 Å². The van der Waals surface area contributed by atoms with E-state index in [4.69, 9.17) is 9.16 Å². The quantitative estimate of drug-likeness (QED) is 0.586. The maximum absolute atomic E-state index is 6.34. The highest BCUT2D eigenvalue weighted by Gasteiger charge is 2.38. The molecular formula is C21H29O2Si. The molecule has 2 nitrogen and oxygen atoms in total. The summed E-state index contributed by atoms with van der Waals surface area (Å²) < 4.78 is 12.2. The van der Waals surface area contributed by atoms with Gasteiger partial charge in [-0.05, 0) is 48.3 Å². The van der Waals surface area contributed by atoms with Crippen LogP contribution in [0.25, 0.3) is 0 Å². The van der Waals surface area contributed by atoms with Crippen LogP contribution in [0, 0.1) is 6.92 Å². The molecule has 0 spiro atoms. The third kappa shape index (κ3) is 4.95. The molecule has 3 heteroatoms. The lowest BCUT2D eigenvalue weighted by Gasteiger charge is -2.38. The summed E-state index contributed by atoms with van der Waals surface area (Å²) in [4.78, 5) is 0. The Hall–Kier alpha value is -1.58. The molecular weight excluding hydrogens is 312 g/mol. The van der Waals surface area contributed by atoms with Crippen molar-refractivity contribution in [3.63, 3.8) is 0 Å². The van der Waals surface area contributed by atoms with E-state index in [1.165, 1.54) is 0 Å². The summed E-state index contributed by atoms with van der Waals surface area (Å²) in [5, 5.41) is 0.182. The molecule has 1 unspecified atom stereocenters. The van der Waals surface area contributed by atoms with Crippen LogP contribution in [0.5, 0.6) is 5.75 Å². The average Bonchev–Trinajstić information content (AvgIpc) is 2.53. The van der Waals surface area contributed by atoms with Gasteiger partial charge in [0.2, 0.25) is 0 Å². The van der Waals surface area contributed by atoms with Gasteiger partial charge in [-0.1, -0.05) is 63.2 Å². The van der Waals surface area contributed by atoms with E-state index in [1.54, 1.807) is 0 Å². The van der Waals surface area contributed by atoms with Gasteiger partial charge in [-0.25, -0.2) is 0 Å². The monoisotopic (exact) mass is 341 g/mol. The van der Waals surface area contributed by atoms with Gasteiger partial charge in [0.15, 0.2) is 8.32 Å². The molecule has 0 saturated heterocycles. The molecule has 1 atom stereocenters. The molecule has 0 aromatic heterocycles. The Kier molecular flexibility index (Phi) is 5.89. The molecule has 0 bridgehead atoms. The summed E-state index contributed by atoms with van der Waals surface area (Å²) in [6.07, 6.45) is -0.144. The van der Waals surface area contributed by atoms with Crippen molar-refractivity contribution in [2.24, 2.45) is 0 Å². The Morgan fingerprint density at radius 3 is 2.08 bits per heavy atom. The number of hydrogen-bond acceptors (Lipinski definition) is 2. The average molecular weight is 342 g/mol. The van der Waals surface area contributed by atoms with Gasteiger partial charge >= 0.3 is 0 Å². The molecule has 0 saturated carbocycles. The van der Waals surface area contributed by atoms with E-state index < -0.39 is 8.32 Å². The molecule has 2 aromatic rings. The molecule has 0 aliphatic carbocycles. The Labute approximate surface area is 148 Å². The molecule has 0 aliphatic rings. The van der Waals surface area contributed by atoms with E-state index in [1.807, 2.05) is 42.5 Å². The van der Waals surface area contributed by atoms with Crippen molar-refractivity contribution in [3.8, 4) is 5.75 Å².